The van der Waals surface area contributed by atoms with Crippen LogP contribution in [0.1, 0.15) is 50.3 Å². The summed E-state index contributed by atoms with van der Waals surface area (Å²) < 4.78 is 12.6. The molecule has 3 amide bonds. The largest absolute Gasteiger partial charge is 0.457 e. The lowest BCUT2D eigenvalue weighted by atomic mass is 10.00. The van der Waals surface area contributed by atoms with E-state index in [1.165, 1.54) is 5.56 Å². The lowest BCUT2D eigenvalue weighted by Crippen LogP contribution is -2.50. The van der Waals surface area contributed by atoms with Crippen molar-refractivity contribution in [2.24, 2.45) is 0 Å². The molecule has 1 saturated heterocycles. The van der Waals surface area contributed by atoms with Gasteiger partial charge in [-0.05, 0) is 69.0 Å². The third kappa shape index (κ3) is 6.41. The molecule has 0 aliphatic carbocycles. The molecular weight excluding hydrogens is 514 g/mol. The highest BCUT2D eigenvalue weighted by molar-refractivity contribution is 9.10. The Kier molecular flexibility index (Phi) is 7.47. The van der Waals surface area contributed by atoms with Gasteiger partial charge < -0.3 is 19.7 Å². The first-order valence-electron chi connectivity index (χ1n) is 11.7. The first-order chi connectivity index (χ1) is 16.6. The second-order valence-electron chi connectivity index (χ2n) is 9.79. The third-order valence-corrected chi connectivity index (χ3v) is 6.65. The van der Waals surface area contributed by atoms with Crippen LogP contribution in [0.25, 0.3) is 0 Å². The van der Waals surface area contributed by atoms with E-state index in [4.69, 9.17) is 9.47 Å². The fourth-order valence-electron chi connectivity index (χ4n) is 4.13. The van der Waals surface area contributed by atoms with Crippen molar-refractivity contribution in [3.63, 3.8) is 0 Å². The van der Waals surface area contributed by atoms with Gasteiger partial charge in [0.25, 0.3) is 0 Å². The van der Waals surface area contributed by atoms with Crippen LogP contribution in [0.4, 0.5) is 4.79 Å². The molecule has 9 heteroatoms. The number of rotatable bonds is 5. The molecule has 0 aromatic heterocycles. The monoisotopic (exact) mass is 543 g/mol. The van der Waals surface area contributed by atoms with Crippen LogP contribution in [0.15, 0.2) is 40.9 Å². The highest BCUT2D eigenvalue weighted by Gasteiger charge is 2.27. The van der Waals surface area contributed by atoms with Crippen molar-refractivity contribution in [1.29, 1.82) is 0 Å². The number of hydrogen-bond donors (Lipinski definition) is 2. The van der Waals surface area contributed by atoms with Crippen molar-refractivity contribution in [2.75, 3.05) is 6.54 Å². The molecule has 2 heterocycles. The van der Waals surface area contributed by atoms with Crippen molar-refractivity contribution in [1.82, 2.24) is 15.5 Å². The number of ether oxygens (including phenoxy) is 2. The molecule has 35 heavy (non-hydrogen) atoms. The number of benzene rings is 2. The maximum Gasteiger partial charge on any atom is 0.410 e. The molecule has 1 unspecified atom stereocenters. The normalized spacial score (nSPS) is 18.1. The van der Waals surface area contributed by atoms with Gasteiger partial charge in [0.05, 0.1) is 6.04 Å². The summed E-state index contributed by atoms with van der Waals surface area (Å²) in [5, 5.41) is 5.60. The predicted octanol–water partition coefficient (Wildman–Crippen LogP) is 4.43. The molecule has 1 atom stereocenters. The number of fused-ring (bicyclic) bond motifs is 1. The van der Waals surface area contributed by atoms with Crippen molar-refractivity contribution in [2.45, 2.75) is 64.8 Å². The second kappa shape index (κ2) is 10.4. The summed E-state index contributed by atoms with van der Waals surface area (Å²) in [6.45, 7) is 7.05. The second-order valence-corrected chi connectivity index (χ2v) is 10.6. The summed E-state index contributed by atoms with van der Waals surface area (Å²) in [6, 6.07) is 11.2. The number of carbonyl (C=O) groups excluding carboxylic acids is 3. The molecule has 186 valence electrons. The quantitative estimate of drug-likeness (QED) is 0.541. The number of hydrogen-bond acceptors (Lipinski definition) is 6. The Balaban J connectivity index is 1.47. The summed E-state index contributed by atoms with van der Waals surface area (Å²) in [6.07, 6.45) is 1.22. The molecule has 0 bridgehead atoms. The number of nitrogens with one attached hydrogen (secondary N) is 2. The summed E-state index contributed by atoms with van der Waals surface area (Å²) >= 11 is 3.59. The van der Waals surface area contributed by atoms with E-state index in [1.54, 1.807) is 4.90 Å². The number of nitrogens with zero attached hydrogens (tertiary/aromatic N) is 1. The zero-order chi connectivity index (χ0) is 25.2. The van der Waals surface area contributed by atoms with Crippen LogP contribution in [-0.2, 0) is 33.8 Å². The maximum atomic E-state index is 12.5. The third-order valence-electron chi connectivity index (χ3n) is 5.91. The molecule has 2 aromatic rings. The smallest absolute Gasteiger partial charge is 0.410 e. The molecule has 0 spiro atoms. The van der Waals surface area contributed by atoms with Gasteiger partial charge >= 0.3 is 6.09 Å². The molecule has 2 aliphatic heterocycles. The molecule has 4 rings (SSSR count). The number of halogens is 1. The van der Waals surface area contributed by atoms with Crippen LogP contribution in [0.2, 0.25) is 0 Å². The maximum absolute atomic E-state index is 12.5. The highest BCUT2D eigenvalue weighted by atomic mass is 79.9. The highest BCUT2D eigenvalue weighted by Crippen LogP contribution is 2.33. The molecule has 2 aromatic carbocycles. The van der Waals surface area contributed by atoms with Crippen LogP contribution >= 0.6 is 15.9 Å². The van der Waals surface area contributed by atoms with Crippen LogP contribution in [0.3, 0.4) is 0 Å². The minimum Gasteiger partial charge on any atom is -0.457 e. The Morgan fingerprint density at radius 2 is 1.97 bits per heavy atom. The van der Waals surface area contributed by atoms with Crippen LogP contribution in [0.5, 0.6) is 11.5 Å². The summed E-state index contributed by atoms with van der Waals surface area (Å²) in [4.78, 5) is 37.8. The lowest BCUT2D eigenvalue weighted by Gasteiger charge is -2.31. The Labute approximate surface area is 213 Å². The molecule has 0 saturated carbocycles. The SMILES string of the molecule is CC(C)(C)OC(=O)N1CCc2ccc(Oc3cccc(Br)c3CNC3CCC(=O)NC3=O)cc2C1. The van der Waals surface area contributed by atoms with Gasteiger partial charge in [0, 0.05) is 36.1 Å². The summed E-state index contributed by atoms with van der Waals surface area (Å²) in [5.41, 5.74) is 2.54. The lowest BCUT2D eigenvalue weighted by molar-refractivity contribution is -0.134. The van der Waals surface area contributed by atoms with Crippen molar-refractivity contribution in [3.8, 4) is 11.5 Å². The van der Waals surface area contributed by atoms with Gasteiger partial charge in [-0.2, -0.15) is 0 Å². The van der Waals surface area contributed by atoms with Crippen molar-refractivity contribution < 1.29 is 23.9 Å². The average molecular weight is 544 g/mol. The Hall–Kier alpha value is -2.91. The van der Waals surface area contributed by atoms with Crippen molar-refractivity contribution in [3.05, 3.63) is 57.6 Å². The minimum atomic E-state index is -0.540. The van der Waals surface area contributed by atoms with Gasteiger partial charge in [-0.3, -0.25) is 14.9 Å². The Bertz CT molecular complexity index is 1140. The number of imide groups is 1. The molecule has 1 fully saturated rings. The summed E-state index contributed by atoms with van der Waals surface area (Å²) in [5.74, 6) is 0.768. The van der Waals surface area contributed by atoms with Crippen LogP contribution < -0.4 is 15.4 Å². The minimum absolute atomic E-state index is 0.240. The first-order valence-corrected chi connectivity index (χ1v) is 12.5. The topological polar surface area (TPSA) is 97.0 Å². The van der Waals surface area contributed by atoms with Gasteiger partial charge in [-0.15, -0.1) is 0 Å². The average Bonchev–Trinajstić information content (AvgIpc) is 2.78. The van der Waals surface area contributed by atoms with E-state index in [2.05, 4.69) is 26.6 Å². The molecule has 2 N–H and O–H groups in total. The fourth-order valence-corrected chi connectivity index (χ4v) is 4.61. The number of carbonyl (C=O) groups is 3. The van der Waals surface area contributed by atoms with E-state index in [0.29, 0.717) is 44.0 Å². The molecule has 0 radical (unpaired) electrons. The Morgan fingerprint density at radius 1 is 1.17 bits per heavy atom. The molecule has 8 nitrogen and oxygen atoms in total. The predicted molar refractivity (Wildman–Crippen MR) is 134 cm³/mol. The van der Waals surface area contributed by atoms with Gasteiger partial charge in [-0.25, -0.2) is 4.79 Å². The van der Waals surface area contributed by atoms with E-state index in [1.807, 2.05) is 57.2 Å². The van der Waals surface area contributed by atoms with Crippen LogP contribution in [-0.4, -0.2) is 41.0 Å². The summed E-state index contributed by atoms with van der Waals surface area (Å²) in [7, 11) is 0. The van der Waals surface area contributed by atoms with E-state index >= 15 is 0 Å². The Morgan fingerprint density at radius 3 is 2.71 bits per heavy atom. The van der Waals surface area contributed by atoms with E-state index in [-0.39, 0.29) is 17.9 Å². The standard InChI is InChI=1S/C26H30BrN3O5/c1-26(2,3)35-25(33)30-12-11-16-7-8-18(13-17(16)15-30)34-22-6-4-5-20(27)19(22)14-28-21-9-10-23(31)29-24(21)32/h4-8,13,21,28H,9-12,14-15H2,1-3H3,(H,29,31,32). The number of piperidine rings is 1. The van der Waals surface area contributed by atoms with Crippen LogP contribution in [0, 0.1) is 0 Å². The first kappa shape index (κ1) is 25.2. The van der Waals surface area contributed by atoms with E-state index < -0.39 is 11.6 Å². The van der Waals surface area contributed by atoms with E-state index in [9.17, 15) is 14.4 Å². The van der Waals surface area contributed by atoms with E-state index in [0.717, 1.165) is 22.0 Å². The van der Waals surface area contributed by atoms with Gasteiger partial charge in [0.15, 0.2) is 0 Å². The zero-order valence-electron chi connectivity index (χ0n) is 20.2. The molecule has 2 aliphatic rings. The zero-order valence-corrected chi connectivity index (χ0v) is 21.7. The molecular formula is C26H30BrN3O5. The fraction of sp³-hybridized carbons (Fsp3) is 0.423. The van der Waals surface area contributed by atoms with Crippen molar-refractivity contribution >= 4 is 33.8 Å². The van der Waals surface area contributed by atoms with Gasteiger partial charge in [-0.1, -0.05) is 28.1 Å². The van der Waals surface area contributed by atoms with Gasteiger partial charge in [0.2, 0.25) is 11.8 Å². The van der Waals surface area contributed by atoms with Gasteiger partial charge in [0.1, 0.15) is 17.1 Å². The number of amides is 3.